The molecule has 1 heterocycles. The molecule has 1 fully saturated rings. The predicted octanol–water partition coefficient (Wildman–Crippen LogP) is 2.68. The molecule has 3 amide bonds. The van der Waals surface area contributed by atoms with Gasteiger partial charge in [0.1, 0.15) is 0 Å². The van der Waals surface area contributed by atoms with Gasteiger partial charge in [-0.3, -0.25) is 14.4 Å². The van der Waals surface area contributed by atoms with Crippen molar-refractivity contribution in [2.45, 2.75) is 91.5 Å². The van der Waals surface area contributed by atoms with Crippen LogP contribution < -0.4 is 5.73 Å². The topological polar surface area (TPSA) is 102 Å². The van der Waals surface area contributed by atoms with Gasteiger partial charge in [0.25, 0.3) is 0 Å². The Hall–Kier alpha value is -1.67. The van der Waals surface area contributed by atoms with Gasteiger partial charge < -0.3 is 25.0 Å². The van der Waals surface area contributed by atoms with Crippen LogP contribution in [-0.4, -0.2) is 79.6 Å². The molecule has 0 aromatic heterocycles. The van der Waals surface area contributed by atoms with Crippen molar-refractivity contribution in [1.29, 1.82) is 0 Å². The number of nitrogens with zero attached hydrogens (tertiary/aromatic N) is 2. The molecule has 1 saturated heterocycles. The van der Waals surface area contributed by atoms with Gasteiger partial charge in [-0.1, -0.05) is 48.0 Å². The van der Waals surface area contributed by atoms with Crippen LogP contribution in [0.4, 0.5) is 0 Å². The summed E-state index contributed by atoms with van der Waals surface area (Å²) in [5.74, 6) is -0.646. The van der Waals surface area contributed by atoms with Crippen molar-refractivity contribution in [2.75, 3.05) is 27.8 Å². The van der Waals surface area contributed by atoms with E-state index in [1.807, 2.05) is 32.7 Å². The average Bonchev–Trinajstić information content (AvgIpc) is 3.26. The third-order valence-corrected chi connectivity index (χ3v) is 7.68. The summed E-state index contributed by atoms with van der Waals surface area (Å²) in [5.41, 5.74) is 5.52. The van der Waals surface area contributed by atoms with Crippen LogP contribution >= 0.6 is 0 Å². The van der Waals surface area contributed by atoms with E-state index in [4.69, 9.17) is 15.2 Å². The molecule has 0 bridgehead atoms. The van der Waals surface area contributed by atoms with Crippen LogP contribution in [0.5, 0.6) is 0 Å². The Labute approximate surface area is 200 Å². The number of ether oxygens (including phenoxy) is 2. The van der Waals surface area contributed by atoms with Crippen LogP contribution in [0, 0.1) is 23.7 Å². The first-order valence-corrected chi connectivity index (χ1v) is 12.3. The molecular formula is C25H47N3O5. The quantitative estimate of drug-likeness (QED) is 0.447. The summed E-state index contributed by atoms with van der Waals surface area (Å²) < 4.78 is 11.4. The van der Waals surface area contributed by atoms with Gasteiger partial charge in [0.05, 0.1) is 36.6 Å². The van der Waals surface area contributed by atoms with Crippen LogP contribution in [0.25, 0.3) is 0 Å². The summed E-state index contributed by atoms with van der Waals surface area (Å²) in [6, 6.07) is -0.425. The Kier molecular flexibility index (Phi) is 11.8. The zero-order valence-corrected chi connectivity index (χ0v) is 22.2. The number of carbonyl (C=O) groups excluding carboxylic acids is 3. The summed E-state index contributed by atoms with van der Waals surface area (Å²) in [4.78, 5) is 42.0. The minimum atomic E-state index is -0.499. The number of amides is 3. The molecule has 1 aliphatic heterocycles. The van der Waals surface area contributed by atoms with E-state index in [0.29, 0.717) is 6.54 Å². The average molecular weight is 470 g/mol. The maximum Gasteiger partial charge on any atom is 0.225 e. The molecule has 1 rings (SSSR count). The number of primary amides is 1. The number of nitrogens with two attached hydrogens (primary N) is 1. The third kappa shape index (κ3) is 7.15. The van der Waals surface area contributed by atoms with Gasteiger partial charge in [0.15, 0.2) is 0 Å². The monoisotopic (exact) mass is 469 g/mol. The smallest absolute Gasteiger partial charge is 0.225 e. The molecule has 8 nitrogen and oxygen atoms in total. The lowest BCUT2D eigenvalue weighted by molar-refractivity contribution is -0.147. The Bertz CT molecular complexity index is 656. The molecule has 0 radical (unpaired) electrons. The number of hydrogen-bond donors (Lipinski definition) is 1. The number of rotatable bonds is 13. The van der Waals surface area contributed by atoms with Crippen molar-refractivity contribution in [1.82, 2.24) is 9.80 Å². The molecular weight excluding hydrogens is 422 g/mol. The summed E-state index contributed by atoms with van der Waals surface area (Å²) in [6.07, 6.45) is 1.75. The van der Waals surface area contributed by atoms with Gasteiger partial charge in [-0.25, -0.2) is 0 Å². The molecule has 0 aromatic carbocycles. The number of hydrogen-bond acceptors (Lipinski definition) is 5. The van der Waals surface area contributed by atoms with Crippen molar-refractivity contribution in [3.8, 4) is 0 Å². The van der Waals surface area contributed by atoms with Crippen molar-refractivity contribution < 1.29 is 23.9 Å². The fourth-order valence-corrected chi connectivity index (χ4v) is 4.93. The van der Waals surface area contributed by atoms with E-state index in [0.717, 1.165) is 19.3 Å². The molecule has 0 spiro atoms. The maximum atomic E-state index is 13.5. The standard InChI is InChI=1S/C25H47N3O5/c1-10-16(4)22(27(7)25(31)17(5)15(2)3)20(32-8)14-21(29)28-13-11-12-19(28)23(33-9)18(6)24(26)30/h15-20,22-23H,10-14H2,1-9H3,(H2,26,30). The highest BCUT2D eigenvalue weighted by Gasteiger charge is 2.41. The fraction of sp³-hybridized carbons (Fsp3) is 0.880. The van der Waals surface area contributed by atoms with Gasteiger partial charge >= 0.3 is 0 Å². The lowest BCUT2D eigenvalue weighted by Gasteiger charge is -2.40. The SMILES string of the molecule is CCC(C)C(C(CC(=O)N1CCCC1C(OC)C(C)C(N)=O)OC)N(C)C(=O)C(C)C(C)C. The van der Waals surface area contributed by atoms with Crippen LogP contribution in [-0.2, 0) is 23.9 Å². The first kappa shape index (κ1) is 29.4. The lowest BCUT2D eigenvalue weighted by Crippen LogP contribution is -2.53. The number of methoxy groups -OCH3 is 2. The normalized spacial score (nSPS) is 21.9. The van der Waals surface area contributed by atoms with E-state index in [1.54, 1.807) is 26.0 Å². The molecule has 0 saturated carbocycles. The van der Waals surface area contributed by atoms with Crippen LogP contribution in [0.15, 0.2) is 0 Å². The second kappa shape index (κ2) is 13.3. The van der Waals surface area contributed by atoms with Crippen molar-refractivity contribution >= 4 is 17.7 Å². The molecule has 0 aromatic rings. The largest absolute Gasteiger partial charge is 0.379 e. The number of likely N-dealkylation sites (tertiary alicyclic amines) is 1. The first-order valence-electron chi connectivity index (χ1n) is 12.3. The molecule has 8 heteroatoms. The maximum absolute atomic E-state index is 13.5. The van der Waals surface area contributed by atoms with Gasteiger partial charge in [-0.2, -0.15) is 0 Å². The van der Waals surface area contributed by atoms with E-state index < -0.39 is 24.0 Å². The highest BCUT2D eigenvalue weighted by atomic mass is 16.5. The van der Waals surface area contributed by atoms with E-state index in [9.17, 15) is 14.4 Å². The van der Waals surface area contributed by atoms with Crippen LogP contribution in [0.1, 0.15) is 67.2 Å². The molecule has 7 atom stereocenters. The zero-order chi connectivity index (χ0) is 25.5. The molecule has 0 aliphatic carbocycles. The van der Waals surface area contributed by atoms with Crippen LogP contribution in [0.2, 0.25) is 0 Å². The highest BCUT2D eigenvalue weighted by molar-refractivity contribution is 5.80. The summed E-state index contributed by atoms with van der Waals surface area (Å²) in [7, 11) is 4.98. The second-order valence-electron chi connectivity index (χ2n) is 10.0. The van der Waals surface area contributed by atoms with E-state index in [-0.39, 0.29) is 48.1 Å². The van der Waals surface area contributed by atoms with Crippen LogP contribution in [0.3, 0.4) is 0 Å². The Morgan fingerprint density at radius 2 is 1.67 bits per heavy atom. The summed E-state index contributed by atoms with van der Waals surface area (Å²) >= 11 is 0. The third-order valence-electron chi connectivity index (χ3n) is 7.68. The number of carbonyl (C=O) groups is 3. The summed E-state index contributed by atoms with van der Waals surface area (Å²) in [5, 5.41) is 0. The first-order chi connectivity index (χ1) is 15.4. The van der Waals surface area contributed by atoms with E-state index in [2.05, 4.69) is 13.8 Å². The lowest BCUT2D eigenvalue weighted by atomic mass is 9.88. The fourth-order valence-electron chi connectivity index (χ4n) is 4.93. The Balaban J connectivity index is 3.11. The van der Waals surface area contributed by atoms with Gasteiger partial charge in [-0.05, 0) is 24.7 Å². The number of likely N-dealkylation sites (N-methyl/N-ethyl adjacent to an activating group) is 1. The molecule has 1 aliphatic rings. The van der Waals surface area contributed by atoms with E-state index in [1.165, 1.54) is 0 Å². The summed E-state index contributed by atoms with van der Waals surface area (Å²) in [6.45, 7) is 12.6. The van der Waals surface area contributed by atoms with Crippen molar-refractivity contribution in [2.24, 2.45) is 29.4 Å². The van der Waals surface area contributed by atoms with Gasteiger partial charge in [0.2, 0.25) is 17.7 Å². The minimum absolute atomic E-state index is 0.0471. The molecule has 2 N–H and O–H groups in total. The predicted molar refractivity (Wildman–Crippen MR) is 129 cm³/mol. The van der Waals surface area contributed by atoms with Crippen molar-refractivity contribution in [3.05, 3.63) is 0 Å². The van der Waals surface area contributed by atoms with Crippen molar-refractivity contribution in [3.63, 3.8) is 0 Å². The van der Waals surface area contributed by atoms with E-state index >= 15 is 0 Å². The molecule has 7 unspecified atom stereocenters. The molecule has 33 heavy (non-hydrogen) atoms. The molecule has 192 valence electrons. The highest BCUT2D eigenvalue weighted by Crippen LogP contribution is 2.29. The second-order valence-corrected chi connectivity index (χ2v) is 10.0. The van der Waals surface area contributed by atoms with Gasteiger partial charge in [-0.15, -0.1) is 0 Å². The Morgan fingerprint density at radius 3 is 2.12 bits per heavy atom. The minimum Gasteiger partial charge on any atom is -0.379 e. The Morgan fingerprint density at radius 1 is 1.06 bits per heavy atom. The van der Waals surface area contributed by atoms with Gasteiger partial charge in [0, 0.05) is 33.7 Å². The zero-order valence-electron chi connectivity index (χ0n) is 22.2.